The number of nitrogens with one attached hydrogen (secondary N) is 1. The van der Waals surface area contributed by atoms with E-state index in [-0.39, 0.29) is 25.3 Å². The summed E-state index contributed by atoms with van der Waals surface area (Å²) in [5.41, 5.74) is 0. The molecule has 0 radical (unpaired) electrons. The molecule has 0 bridgehead atoms. The molecule has 3 amide bonds. The van der Waals surface area contributed by atoms with Crippen LogP contribution in [0.5, 0.6) is 0 Å². The normalized spacial score (nSPS) is 13.9. The van der Waals surface area contributed by atoms with Gasteiger partial charge in [-0.05, 0) is 31.6 Å². The van der Waals surface area contributed by atoms with E-state index in [2.05, 4.69) is 5.32 Å². The molecule has 0 spiro atoms. The van der Waals surface area contributed by atoms with Crippen LogP contribution in [-0.2, 0) is 9.59 Å². The highest BCUT2D eigenvalue weighted by Gasteiger charge is 2.26. The summed E-state index contributed by atoms with van der Waals surface area (Å²) in [6.45, 7) is 3.34. The molecule has 1 rings (SSSR count). The summed E-state index contributed by atoms with van der Waals surface area (Å²) in [6, 6.07) is -0.353. The monoisotopic (exact) mass is 270 g/mol. The summed E-state index contributed by atoms with van der Waals surface area (Å²) >= 11 is 0. The van der Waals surface area contributed by atoms with Crippen molar-refractivity contribution in [1.82, 2.24) is 10.2 Å². The smallest absolute Gasteiger partial charge is 0.324 e. The van der Waals surface area contributed by atoms with Gasteiger partial charge in [-0.1, -0.05) is 6.92 Å². The lowest BCUT2D eigenvalue weighted by Gasteiger charge is -2.21. The van der Waals surface area contributed by atoms with Crippen LogP contribution >= 0.6 is 0 Å². The molecule has 2 N–H and O–H groups in total. The zero-order valence-corrected chi connectivity index (χ0v) is 11.4. The van der Waals surface area contributed by atoms with Crippen molar-refractivity contribution >= 4 is 17.9 Å². The number of carboxylic acid groups (broad SMARTS) is 1. The van der Waals surface area contributed by atoms with E-state index in [1.54, 1.807) is 4.90 Å². The molecule has 1 saturated carbocycles. The molecule has 0 aliphatic heterocycles. The van der Waals surface area contributed by atoms with Gasteiger partial charge in [-0.25, -0.2) is 4.79 Å². The fourth-order valence-corrected chi connectivity index (χ4v) is 1.82. The van der Waals surface area contributed by atoms with Crippen molar-refractivity contribution in [1.29, 1.82) is 0 Å². The van der Waals surface area contributed by atoms with Crippen LogP contribution in [0.1, 0.15) is 45.4 Å². The van der Waals surface area contributed by atoms with Crippen LogP contribution in [0.25, 0.3) is 0 Å². The third kappa shape index (κ3) is 6.79. The van der Waals surface area contributed by atoms with E-state index in [9.17, 15) is 14.4 Å². The first-order valence-corrected chi connectivity index (χ1v) is 6.83. The van der Waals surface area contributed by atoms with Gasteiger partial charge >= 0.3 is 12.0 Å². The zero-order valence-electron chi connectivity index (χ0n) is 11.4. The topological polar surface area (TPSA) is 86.7 Å². The van der Waals surface area contributed by atoms with E-state index >= 15 is 0 Å². The molecule has 6 heteroatoms. The highest BCUT2D eigenvalue weighted by atomic mass is 16.4. The van der Waals surface area contributed by atoms with E-state index in [1.165, 1.54) is 0 Å². The largest absolute Gasteiger partial charge is 0.481 e. The van der Waals surface area contributed by atoms with Crippen molar-refractivity contribution < 1.29 is 19.5 Å². The molecule has 0 heterocycles. The van der Waals surface area contributed by atoms with Gasteiger partial charge in [0.2, 0.25) is 5.91 Å². The third-order valence-electron chi connectivity index (χ3n) is 3.00. The number of aliphatic carboxylic acids is 1. The Morgan fingerprint density at radius 2 is 1.95 bits per heavy atom. The Labute approximate surface area is 113 Å². The lowest BCUT2D eigenvalue weighted by atomic mass is 10.2. The van der Waals surface area contributed by atoms with E-state index in [1.807, 2.05) is 6.92 Å². The summed E-state index contributed by atoms with van der Waals surface area (Å²) < 4.78 is 0. The van der Waals surface area contributed by atoms with Crippen molar-refractivity contribution in [2.75, 3.05) is 13.1 Å². The van der Waals surface area contributed by atoms with Crippen LogP contribution in [0.4, 0.5) is 4.79 Å². The second-order valence-electron chi connectivity index (χ2n) is 4.99. The highest BCUT2D eigenvalue weighted by molar-refractivity contribution is 5.94. The maximum Gasteiger partial charge on any atom is 0.324 e. The van der Waals surface area contributed by atoms with Crippen molar-refractivity contribution in [3.05, 3.63) is 0 Å². The number of hydrogen-bond acceptors (Lipinski definition) is 3. The number of urea groups is 1. The maximum absolute atomic E-state index is 11.9. The summed E-state index contributed by atoms with van der Waals surface area (Å²) in [5, 5.41) is 10.8. The van der Waals surface area contributed by atoms with Crippen LogP contribution in [0, 0.1) is 5.92 Å². The van der Waals surface area contributed by atoms with E-state index in [0.29, 0.717) is 19.0 Å². The average Bonchev–Trinajstić information content (AvgIpc) is 3.11. The van der Waals surface area contributed by atoms with Gasteiger partial charge in [-0.2, -0.15) is 0 Å². The van der Waals surface area contributed by atoms with Gasteiger partial charge in [0.05, 0.1) is 0 Å². The van der Waals surface area contributed by atoms with Gasteiger partial charge < -0.3 is 10.0 Å². The maximum atomic E-state index is 11.9. The summed E-state index contributed by atoms with van der Waals surface area (Å²) in [7, 11) is 0. The Morgan fingerprint density at radius 1 is 1.26 bits per heavy atom. The quantitative estimate of drug-likeness (QED) is 0.701. The molecule has 19 heavy (non-hydrogen) atoms. The fourth-order valence-electron chi connectivity index (χ4n) is 1.82. The Kier molecular flexibility index (Phi) is 6.32. The number of carbonyl (C=O) groups is 3. The van der Waals surface area contributed by atoms with E-state index in [0.717, 1.165) is 19.3 Å². The van der Waals surface area contributed by atoms with Gasteiger partial charge in [-0.15, -0.1) is 0 Å². The summed E-state index contributed by atoms with van der Waals surface area (Å²) in [6.07, 6.45) is 3.43. The van der Waals surface area contributed by atoms with Gasteiger partial charge in [0.25, 0.3) is 0 Å². The molecule has 0 atom stereocenters. The number of rotatable bonds is 8. The van der Waals surface area contributed by atoms with Crippen molar-refractivity contribution in [3.63, 3.8) is 0 Å². The highest BCUT2D eigenvalue weighted by Crippen LogP contribution is 2.29. The number of imide groups is 1. The number of nitrogens with zero attached hydrogens (tertiary/aromatic N) is 1. The molecule has 0 unspecified atom stereocenters. The number of amides is 3. The number of carbonyl (C=O) groups excluding carboxylic acids is 2. The first-order chi connectivity index (χ1) is 9.02. The predicted octanol–water partition coefficient (Wildman–Crippen LogP) is 1.60. The Morgan fingerprint density at radius 3 is 2.47 bits per heavy atom. The van der Waals surface area contributed by atoms with Crippen LogP contribution in [0.3, 0.4) is 0 Å². The van der Waals surface area contributed by atoms with Crippen LogP contribution in [0.2, 0.25) is 0 Å². The fraction of sp³-hybridized carbons (Fsp3) is 0.769. The molecular formula is C13H22N2O4. The standard InChI is InChI=1S/C13H22N2O4/c1-2-8-15(9-10-6-7-10)13(19)14-11(16)4-3-5-12(17)18/h10H,2-9H2,1H3,(H,17,18)(H,14,16,19). The zero-order chi connectivity index (χ0) is 14.3. The van der Waals surface area contributed by atoms with Gasteiger partial charge in [0.1, 0.15) is 0 Å². The van der Waals surface area contributed by atoms with Crippen molar-refractivity contribution in [2.45, 2.75) is 45.4 Å². The molecule has 0 aromatic carbocycles. The molecular weight excluding hydrogens is 248 g/mol. The molecule has 108 valence electrons. The summed E-state index contributed by atoms with van der Waals surface area (Å²) in [4.78, 5) is 35.4. The average molecular weight is 270 g/mol. The van der Waals surface area contributed by atoms with Crippen molar-refractivity contribution in [2.24, 2.45) is 5.92 Å². The minimum Gasteiger partial charge on any atom is -0.481 e. The first-order valence-electron chi connectivity index (χ1n) is 6.83. The van der Waals surface area contributed by atoms with Crippen molar-refractivity contribution in [3.8, 4) is 0 Å². The molecule has 6 nitrogen and oxygen atoms in total. The van der Waals surface area contributed by atoms with Gasteiger partial charge in [-0.3, -0.25) is 14.9 Å². The molecule has 1 aliphatic carbocycles. The molecule has 0 saturated heterocycles. The molecule has 0 aromatic heterocycles. The minimum absolute atomic E-state index is 0.0532. The van der Waals surface area contributed by atoms with Crippen LogP contribution in [-0.4, -0.2) is 41.0 Å². The molecule has 0 aromatic rings. The second kappa shape index (κ2) is 7.76. The minimum atomic E-state index is -0.930. The Hall–Kier alpha value is -1.59. The Bertz CT molecular complexity index is 340. The predicted molar refractivity (Wildman–Crippen MR) is 69.6 cm³/mol. The third-order valence-corrected chi connectivity index (χ3v) is 3.00. The SMILES string of the molecule is CCCN(CC1CC1)C(=O)NC(=O)CCCC(=O)O. The van der Waals surface area contributed by atoms with Gasteiger partial charge in [0, 0.05) is 25.9 Å². The number of carboxylic acids is 1. The Balaban J connectivity index is 2.28. The van der Waals surface area contributed by atoms with Crippen LogP contribution in [0.15, 0.2) is 0 Å². The van der Waals surface area contributed by atoms with E-state index < -0.39 is 11.9 Å². The summed E-state index contributed by atoms with van der Waals surface area (Å²) in [5.74, 6) is -0.747. The van der Waals surface area contributed by atoms with Crippen LogP contribution < -0.4 is 5.32 Å². The molecule has 1 aliphatic rings. The number of hydrogen-bond donors (Lipinski definition) is 2. The first kappa shape index (κ1) is 15.5. The lowest BCUT2D eigenvalue weighted by molar-refractivity contribution is -0.137. The molecule has 1 fully saturated rings. The lowest BCUT2D eigenvalue weighted by Crippen LogP contribution is -2.44. The van der Waals surface area contributed by atoms with Gasteiger partial charge in [0.15, 0.2) is 0 Å². The van der Waals surface area contributed by atoms with E-state index in [4.69, 9.17) is 5.11 Å². The second-order valence-corrected chi connectivity index (χ2v) is 4.99.